The Hall–Kier alpha value is -2.13. The monoisotopic (exact) mass is 275 g/mol. The van der Waals surface area contributed by atoms with Crippen LogP contribution < -0.4 is 4.74 Å². The van der Waals surface area contributed by atoms with E-state index in [-0.39, 0.29) is 11.3 Å². The summed E-state index contributed by atoms with van der Waals surface area (Å²) in [6.07, 6.45) is 3.33. The second-order valence-corrected chi connectivity index (χ2v) is 4.96. The molecule has 1 atom stereocenters. The van der Waals surface area contributed by atoms with Gasteiger partial charge >= 0.3 is 0 Å². The lowest BCUT2D eigenvalue weighted by Crippen LogP contribution is -2.26. The van der Waals surface area contributed by atoms with E-state index in [0.29, 0.717) is 18.4 Å². The second kappa shape index (κ2) is 6.35. The molecule has 106 valence electrons. The van der Waals surface area contributed by atoms with E-state index in [2.05, 4.69) is 11.9 Å². The van der Waals surface area contributed by atoms with Crippen molar-refractivity contribution in [2.24, 2.45) is 0 Å². The number of likely N-dealkylation sites (tertiary alicyclic amines) is 1. The summed E-state index contributed by atoms with van der Waals surface area (Å²) in [6.45, 7) is 1.68. The van der Waals surface area contributed by atoms with Crippen molar-refractivity contribution in [3.05, 3.63) is 33.9 Å². The molecule has 1 fully saturated rings. The Kier molecular flexibility index (Phi) is 4.53. The van der Waals surface area contributed by atoms with E-state index in [0.717, 1.165) is 13.0 Å². The molecule has 1 heterocycles. The lowest BCUT2D eigenvalue weighted by molar-refractivity contribution is -0.385. The summed E-state index contributed by atoms with van der Waals surface area (Å²) in [4.78, 5) is 12.5. The third kappa shape index (κ3) is 3.25. The fourth-order valence-electron chi connectivity index (χ4n) is 2.51. The number of benzene rings is 1. The standard InChI is InChI=1S/C14H17N3O3/c1-16-7-2-3-12(16)6-8-20-13-4-5-14(17(18)19)11(9-13)10-15/h4-5,9,12H,2-3,6-8H2,1H3. The fraction of sp³-hybridized carbons (Fsp3) is 0.500. The Morgan fingerprint density at radius 3 is 3.00 bits per heavy atom. The molecule has 6 nitrogen and oxygen atoms in total. The third-order valence-corrected chi connectivity index (χ3v) is 3.68. The van der Waals surface area contributed by atoms with Gasteiger partial charge in [0.15, 0.2) is 0 Å². The van der Waals surface area contributed by atoms with Gasteiger partial charge in [0.2, 0.25) is 0 Å². The van der Waals surface area contributed by atoms with Crippen LogP contribution in [0.5, 0.6) is 5.75 Å². The molecule has 0 bridgehead atoms. The van der Waals surface area contributed by atoms with Crippen molar-refractivity contribution in [2.75, 3.05) is 20.2 Å². The van der Waals surface area contributed by atoms with Crippen molar-refractivity contribution >= 4 is 5.69 Å². The topological polar surface area (TPSA) is 79.4 Å². The van der Waals surface area contributed by atoms with Crippen LogP contribution in [-0.4, -0.2) is 36.1 Å². The lowest BCUT2D eigenvalue weighted by atomic mass is 10.1. The number of hydrogen-bond acceptors (Lipinski definition) is 5. The van der Waals surface area contributed by atoms with Crippen molar-refractivity contribution in [1.29, 1.82) is 5.26 Å². The summed E-state index contributed by atoms with van der Waals surface area (Å²) in [7, 11) is 2.11. The van der Waals surface area contributed by atoms with Crippen LogP contribution in [0.25, 0.3) is 0 Å². The van der Waals surface area contributed by atoms with E-state index in [9.17, 15) is 10.1 Å². The summed E-state index contributed by atoms with van der Waals surface area (Å²) < 4.78 is 5.59. The van der Waals surface area contributed by atoms with Crippen LogP contribution in [0.4, 0.5) is 5.69 Å². The van der Waals surface area contributed by atoms with Crippen LogP contribution in [0, 0.1) is 21.4 Å². The Morgan fingerprint density at radius 1 is 1.60 bits per heavy atom. The molecule has 0 N–H and O–H groups in total. The Balaban J connectivity index is 1.93. The minimum absolute atomic E-state index is 0.0329. The number of nitro groups is 1. The van der Waals surface area contributed by atoms with Gasteiger partial charge in [-0.2, -0.15) is 5.26 Å². The quantitative estimate of drug-likeness (QED) is 0.608. The summed E-state index contributed by atoms with van der Waals surface area (Å²) in [5.41, 5.74) is -0.152. The molecule has 1 saturated heterocycles. The van der Waals surface area contributed by atoms with E-state index in [1.54, 1.807) is 0 Å². The van der Waals surface area contributed by atoms with Gasteiger partial charge in [-0.05, 0) is 38.9 Å². The molecular weight excluding hydrogens is 258 g/mol. The Bertz CT molecular complexity index is 539. The largest absolute Gasteiger partial charge is 0.493 e. The third-order valence-electron chi connectivity index (χ3n) is 3.68. The number of rotatable bonds is 5. The highest BCUT2D eigenvalue weighted by Crippen LogP contribution is 2.24. The van der Waals surface area contributed by atoms with Gasteiger partial charge in [0, 0.05) is 18.2 Å². The fourth-order valence-corrected chi connectivity index (χ4v) is 2.51. The SMILES string of the molecule is CN1CCCC1CCOc1ccc([N+](=O)[O-])c(C#N)c1. The van der Waals surface area contributed by atoms with Crippen molar-refractivity contribution in [3.8, 4) is 11.8 Å². The van der Waals surface area contributed by atoms with Crippen molar-refractivity contribution in [1.82, 2.24) is 4.90 Å². The van der Waals surface area contributed by atoms with Crippen LogP contribution in [0.15, 0.2) is 18.2 Å². The number of nitriles is 1. The molecule has 6 heteroatoms. The molecule has 0 radical (unpaired) electrons. The van der Waals surface area contributed by atoms with Crippen molar-refractivity contribution < 1.29 is 9.66 Å². The molecular formula is C14H17N3O3. The lowest BCUT2D eigenvalue weighted by Gasteiger charge is -2.19. The molecule has 0 saturated carbocycles. The van der Waals surface area contributed by atoms with Gasteiger partial charge in [-0.25, -0.2) is 0 Å². The summed E-state index contributed by atoms with van der Waals surface area (Å²) in [5, 5.41) is 19.6. The molecule has 0 aliphatic carbocycles. The Morgan fingerprint density at radius 2 is 2.40 bits per heavy atom. The molecule has 20 heavy (non-hydrogen) atoms. The van der Waals surface area contributed by atoms with Crippen LogP contribution in [0.2, 0.25) is 0 Å². The van der Waals surface area contributed by atoms with Gasteiger partial charge in [-0.1, -0.05) is 0 Å². The van der Waals surface area contributed by atoms with Gasteiger partial charge in [0.1, 0.15) is 17.4 Å². The predicted molar refractivity (Wildman–Crippen MR) is 73.6 cm³/mol. The van der Waals surface area contributed by atoms with Gasteiger partial charge in [-0.15, -0.1) is 0 Å². The number of nitrogens with zero attached hydrogens (tertiary/aromatic N) is 3. The zero-order valence-electron chi connectivity index (χ0n) is 11.4. The summed E-state index contributed by atoms with van der Waals surface area (Å²) in [6, 6.07) is 6.65. The maximum Gasteiger partial charge on any atom is 0.287 e. The van der Waals surface area contributed by atoms with Crippen LogP contribution in [0.3, 0.4) is 0 Å². The Labute approximate surface area is 117 Å². The van der Waals surface area contributed by atoms with Gasteiger partial charge in [0.05, 0.1) is 11.5 Å². The first kappa shape index (κ1) is 14.3. The average Bonchev–Trinajstić information content (AvgIpc) is 2.84. The van der Waals surface area contributed by atoms with Gasteiger partial charge in [0.25, 0.3) is 5.69 Å². The zero-order chi connectivity index (χ0) is 14.5. The first-order chi connectivity index (χ1) is 9.61. The molecule has 0 aromatic heterocycles. The maximum absolute atomic E-state index is 10.7. The van der Waals surface area contributed by atoms with Crippen LogP contribution in [0.1, 0.15) is 24.8 Å². The summed E-state index contributed by atoms with van der Waals surface area (Å²) >= 11 is 0. The van der Waals surface area contributed by atoms with Crippen molar-refractivity contribution in [2.45, 2.75) is 25.3 Å². The van der Waals surface area contributed by atoms with E-state index >= 15 is 0 Å². The van der Waals surface area contributed by atoms with Gasteiger partial charge in [-0.3, -0.25) is 10.1 Å². The molecule has 1 aromatic rings. The number of hydrogen-bond donors (Lipinski definition) is 0. The summed E-state index contributed by atoms with van der Waals surface area (Å²) in [5.74, 6) is 0.507. The highest BCUT2D eigenvalue weighted by Gasteiger charge is 2.20. The molecule has 2 rings (SSSR count). The maximum atomic E-state index is 10.7. The van der Waals surface area contributed by atoms with Crippen LogP contribution in [-0.2, 0) is 0 Å². The molecule has 0 spiro atoms. The number of nitro benzene ring substituents is 1. The van der Waals surface area contributed by atoms with Gasteiger partial charge < -0.3 is 9.64 Å². The van der Waals surface area contributed by atoms with E-state index in [4.69, 9.17) is 10.00 Å². The second-order valence-electron chi connectivity index (χ2n) is 4.96. The molecule has 1 aromatic carbocycles. The zero-order valence-corrected chi connectivity index (χ0v) is 11.4. The minimum Gasteiger partial charge on any atom is -0.493 e. The van der Waals surface area contributed by atoms with E-state index in [1.807, 2.05) is 6.07 Å². The molecule has 0 amide bonds. The highest BCUT2D eigenvalue weighted by atomic mass is 16.6. The first-order valence-electron chi connectivity index (χ1n) is 6.63. The first-order valence-corrected chi connectivity index (χ1v) is 6.63. The van der Waals surface area contributed by atoms with E-state index in [1.165, 1.54) is 31.0 Å². The minimum atomic E-state index is -0.560. The molecule has 1 unspecified atom stereocenters. The molecule has 1 aliphatic rings. The average molecular weight is 275 g/mol. The van der Waals surface area contributed by atoms with E-state index < -0.39 is 4.92 Å². The predicted octanol–water partition coefficient (Wildman–Crippen LogP) is 2.33. The smallest absolute Gasteiger partial charge is 0.287 e. The number of ether oxygens (including phenoxy) is 1. The van der Waals surface area contributed by atoms with Crippen LogP contribution >= 0.6 is 0 Å². The molecule has 1 aliphatic heterocycles. The highest BCUT2D eigenvalue weighted by molar-refractivity contribution is 5.52. The van der Waals surface area contributed by atoms with Crippen molar-refractivity contribution in [3.63, 3.8) is 0 Å². The normalized spacial score (nSPS) is 18.7.